The average Bonchev–Trinajstić information content (AvgIpc) is 3.45. The van der Waals surface area contributed by atoms with E-state index < -0.39 is 24.3 Å². The van der Waals surface area contributed by atoms with Gasteiger partial charge < -0.3 is 15.5 Å². The van der Waals surface area contributed by atoms with Gasteiger partial charge in [0.2, 0.25) is 5.91 Å². The van der Waals surface area contributed by atoms with Crippen LogP contribution in [0.25, 0.3) is 0 Å². The Balaban J connectivity index is 1.49. The molecule has 0 radical (unpaired) electrons. The van der Waals surface area contributed by atoms with Crippen LogP contribution in [0.15, 0.2) is 24.4 Å². The van der Waals surface area contributed by atoms with Gasteiger partial charge in [-0.1, -0.05) is 0 Å². The molecule has 2 aliphatic rings. The fourth-order valence-corrected chi connectivity index (χ4v) is 3.92. The first-order chi connectivity index (χ1) is 14.8. The molecule has 2 amide bonds. The fourth-order valence-electron chi connectivity index (χ4n) is 3.92. The van der Waals surface area contributed by atoms with Crippen molar-refractivity contribution >= 4 is 29.1 Å². The third kappa shape index (κ3) is 3.93. The summed E-state index contributed by atoms with van der Waals surface area (Å²) in [6, 6.07) is 7.05. The molecule has 1 saturated heterocycles. The smallest absolute Gasteiger partial charge is 0.269 e. The van der Waals surface area contributed by atoms with E-state index in [0.29, 0.717) is 30.3 Å². The Labute approximate surface area is 177 Å². The monoisotopic (exact) mass is 429 g/mol. The number of hydrogen-bond acceptors (Lipinski definition) is 6. The number of nitrogens with zero attached hydrogens (tertiary/aromatic N) is 5. The molecule has 162 valence electrons. The summed E-state index contributed by atoms with van der Waals surface area (Å²) in [5, 5.41) is 18.9. The number of pyridine rings is 1. The van der Waals surface area contributed by atoms with Gasteiger partial charge in [-0.3, -0.25) is 14.3 Å². The number of rotatable bonds is 7. The minimum atomic E-state index is -2.64. The molecule has 1 aliphatic carbocycles. The number of nitrogens with one attached hydrogen (secondary N) is 2. The summed E-state index contributed by atoms with van der Waals surface area (Å²) >= 11 is 0. The zero-order chi connectivity index (χ0) is 22.2. The molecule has 0 bridgehead atoms. The normalized spacial score (nSPS) is 20.7. The molecule has 4 rings (SSSR count). The van der Waals surface area contributed by atoms with Gasteiger partial charge in [-0.05, 0) is 31.2 Å². The third-order valence-corrected chi connectivity index (χ3v) is 5.67. The first-order valence-electron chi connectivity index (χ1n) is 9.91. The maximum Gasteiger partial charge on any atom is 0.269 e. The summed E-state index contributed by atoms with van der Waals surface area (Å²) in [6.45, 7) is -0.282. The SMILES string of the molecule is Cn1nc(Nc2cc(N3CC[C@@](C#N)(C4CC4)C3=O)ccn2)cc1C(=O)NCC(F)F. The number of alkyl halides is 2. The van der Waals surface area contributed by atoms with Crippen molar-refractivity contribution in [3.05, 3.63) is 30.1 Å². The molecule has 2 N–H and O–H groups in total. The number of anilines is 3. The van der Waals surface area contributed by atoms with Crippen molar-refractivity contribution in [3.8, 4) is 6.07 Å². The topological polar surface area (TPSA) is 116 Å². The summed E-state index contributed by atoms with van der Waals surface area (Å²) in [6.07, 6.45) is 1.21. The molecule has 0 spiro atoms. The van der Waals surface area contributed by atoms with Crippen molar-refractivity contribution in [1.29, 1.82) is 5.26 Å². The van der Waals surface area contributed by atoms with Crippen molar-refractivity contribution < 1.29 is 18.4 Å². The van der Waals surface area contributed by atoms with E-state index in [1.807, 2.05) is 0 Å². The predicted molar refractivity (Wildman–Crippen MR) is 107 cm³/mol. The Morgan fingerprint density at radius 1 is 1.39 bits per heavy atom. The molecule has 1 aliphatic heterocycles. The van der Waals surface area contributed by atoms with Crippen molar-refractivity contribution in [2.24, 2.45) is 18.4 Å². The third-order valence-electron chi connectivity index (χ3n) is 5.67. The largest absolute Gasteiger partial charge is 0.345 e. The molecular formula is C20H21F2N7O2. The maximum absolute atomic E-state index is 13.0. The fraction of sp³-hybridized carbons (Fsp3) is 0.450. The molecule has 0 aromatic carbocycles. The van der Waals surface area contributed by atoms with Crippen LogP contribution in [-0.4, -0.2) is 46.1 Å². The molecule has 1 saturated carbocycles. The maximum atomic E-state index is 13.0. The van der Waals surface area contributed by atoms with E-state index in [-0.39, 0.29) is 17.5 Å². The van der Waals surface area contributed by atoms with E-state index >= 15 is 0 Å². The lowest BCUT2D eigenvalue weighted by Crippen LogP contribution is -2.35. The second kappa shape index (κ2) is 7.94. The molecule has 3 heterocycles. The molecule has 2 aromatic rings. The number of amides is 2. The lowest BCUT2D eigenvalue weighted by molar-refractivity contribution is -0.123. The van der Waals surface area contributed by atoms with Crippen LogP contribution in [-0.2, 0) is 11.8 Å². The molecule has 1 atom stereocenters. The first kappa shape index (κ1) is 20.7. The quantitative estimate of drug-likeness (QED) is 0.697. The van der Waals surface area contributed by atoms with E-state index in [1.165, 1.54) is 24.0 Å². The van der Waals surface area contributed by atoms with Crippen LogP contribution in [0.5, 0.6) is 0 Å². The summed E-state index contributed by atoms with van der Waals surface area (Å²) in [4.78, 5) is 30.8. The highest BCUT2D eigenvalue weighted by molar-refractivity contribution is 6.02. The average molecular weight is 429 g/mol. The minimum absolute atomic E-state index is 0.109. The number of carbonyl (C=O) groups is 2. The number of nitriles is 1. The number of carbonyl (C=O) groups excluding carboxylic acids is 2. The van der Waals surface area contributed by atoms with Gasteiger partial charge >= 0.3 is 0 Å². The highest BCUT2D eigenvalue weighted by atomic mass is 19.3. The number of aromatic nitrogens is 3. The highest BCUT2D eigenvalue weighted by Gasteiger charge is 2.56. The van der Waals surface area contributed by atoms with Crippen molar-refractivity contribution in [1.82, 2.24) is 20.1 Å². The Kier molecular flexibility index (Phi) is 5.31. The van der Waals surface area contributed by atoms with E-state index in [9.17, 15) is 23.6 Å². The Bertz CT molecular complexity index is 1060. The van der Waals surface area contributed by atoms with Crippen LogP contribution in [0.2, 0.25) is 0 Å². The lowest BCUT2D eigenvalue weighted by atomic mass is 9.83. The Hall–Kier alpha value is -3.55. The molecule has 0 unspecified atom stereocenters. The van der Waals surface area contributed by atoms with Gasteiger partial charge in [0, 0.05) is 37.6 Å². The van der Waals surface area contributed by atoms with Crippen molar-refractivity contribution in [2.45, 2.75) is 25.7 Å². The van der Waals surface area contributed by atoms with Crippen molar-refractivity contribution in [3.63, 3.8) is 0 Å². The lowest BCUT2D eigenvalue weighted by Gasteiger charge is -2.21. The van der Waals surface area contributed by atoms with Crippen LogP contribution in [0.1, 0.15) is 29.8 Å². The number of aryl methyl sites for hydroxylation is 1. The first-order valence-corrected chi connectivity index (χ1v) is 9.91. The van der Waals surface area contributed by atoms with Crippen molar-refractivity contribution in [2.75, 3.05) is 23.3 Å². The Morgan fingerprint density at radius 2 is 2.16 bits per heavy atom. The van der Waals surface area contributed by atoms with Gasteiger partial charge in [0.1, 0.15) is 16.9 Å². The van der Waals surface area contributed by atoms with E-state index in [0.717, 1.165) is 12.8 Å². The summed E-state index contributed by atoms with van der Waals surface area (Å²) < 4.78 is 25.9. The predicted octanol–water partition coefficient (Wildman–Crippen LogP) is 2.21. The zero-order valence-corrected chi connectivity index (χ0v) is 16.8. The van der Waals surface area contributed by atoms with Crippen LogP contribution in [0.4, 0.5) is 26.1 Å². The van der Waals surface area contributed by atoms with Gasteiger partial charge in [-0.25, -0.2) is 13.8 Å². The van der Waals surface area contributed by atoms with Gasteiger partial charge in [-0.2, -0.15) is 10.4 Å². The highest BCUT2D eigenvalue weighted by Crippen LogP contribution is 2.51. The summed E-state index contributed by atoms with van der Waals surface area (Å²) in [5.74, 6) is -0.0148. The van der Waals surface area contributed by atoms with E-state index in [4.69, 9.17) is 0 Å². The van der Waals surface area contributed by atoms with Crippen LogP contribution in [0.3, 0.4) is 0 Å². The van der Waals surface area contributed by atoms with Crippen LogP contribution < -0.4 is 15.5 Å². The van der Waals surface area contributed by atoms with Gasteiger partial charge in [0.15, 0.2) is 5.82 Å². The number of hydrogen-bond donors (Lipinski definition) is 2. The van der Waals surface area contributed by atoms with E-state index in [2.05, 4.69) is 26.8 Å². The molecule has 9 nitrogen and oxygen atoms in total. The van der Waals surface area contributed by atoms with E-state index in [1.54, 1.807) is 17.0 Å². The standard InChI is InChI=1S/C20H21F2N7O2/c1-28-14(18(30)25-10-15(21)22)9-17(27-28)26-16-8-13(4-6-24-16)29-7-5-20(11-23,19(29)31)12-2-3-12/h4,6,8-9,12,15H,2-3,5,7,10H2,1H3,(H,25,30)(H,24,26,27)/t20-/m1/s1. The molecular weight excluding hydrogens is 408 g/mol. The zero-order valence-electron chi connectivity index (χ0n) is 16.8. The van der Waals surface area contributed by atoms with Gasteiger partial charge in [-0.15, -0.1) is 0 Å². The van der Waals surface area contributed by atoms with Gasteiger partial charge in [0.05, 0.1) is 12.6 Å². The molecule has 11 heteroatoms. The van der Waals surface area contributed by atoms with Crippen LogP contribution in [0, 0.1) is 22.7 Å². The van der Waals surface area contributed by atoms with Gasteiger partial charge in [0.25, 0.3) is 12.3 Å². The van der Waals surface area contributed by atoms with Crippen LogP contribution >= 0.6 is 0 Å². The minimum Gasteiger partial charge on any atom is -0.345 e. The summed E-state index contributed by atoms with van der Waals surface area (Å²) in [5.41, 5.74) is -0.207. The second-order valence-electron chi connectivity index (χ2n) is 7.73. The Morgan fingerprint density at radius 3 is 2.84 bits per heavy atom. The summed E-state index contributed by atoms with van der Waals surface area (Å²) in [7, 11) is 1.52. The number of halogens is 2. The molecule has 31 heavy (non-hydrogen) atoms. The molecule has 2 aromatic heterocycles. The molecule has 2 fully saturated rings. The second-order valence-corrected chi connectivity index (χ2v) is 7.73.